The zero-order valence-corrected chi connectivity index (χ0v) is 9.41. The van der Waals surface area contributed by atoms with Crippen LogP contribution in [0, 0.1) is 0 Å². The van der Waals surface area contributed by atoms with Gasteiger partial charge in [0.05, 0.1) is 6.10 Å². The molecule has 0 aliphatic carbocycles. The molecule has 2 heteroatoms. The van der Waals surface area contributed by atoms with Crippen LogP contribution in [0.25, 0.3) is 0 Å². The van der Waals surface area contributed by atoms with Gasteiger partial charge in [-0.3, -0.25) is 4.79 Å². The third-order valence-corrected chi connectivity index (χ3v) is 2.16. The Morgan fingerprint density at radius 2 is 2.13 bits per heavy atom. The summed E-state index contributed by atoms with van der Waals surface area (Å²) in [5.74, 6) is 0.0983. The Hall–Kier alpha value is -1.15. The van der Waals surface area contributed by atoms with E-state index in [2.05, 4.69) is 13.2 Å². The minimum absolute atomic E-state index is 0.0983. The zero-order chi connectivity index (χ0) is 11.7. The molecule has 2 nitrogen and oxygen atoms in total. The van der Waals surface area contributed by atoms with Crippen molar-refractivity contribution in [3.05, 3.63) is 37.0 Å². The molecule has 0 aromatic rings. The first-order valence-electron chi connectivity index (χ1n) is 5.30. The van der Waals surface area contributed by atoms with Gasteiger partial charge in [-0.2, -0.15) is 0 Å². The molecule has 0 aliphatic heterocycles. The highest BCUT2D eigenvalue weighted by atomic mass is 16.3. The number of aliphatic hydroxyl groups is 1. The number of unbranched alkanes of at least 4 members (excludes halogenated alkanes) is 1. The van der Waals surface area contributed by atoms with Crippen molar-refractivity contribution in [1.29, 1.82) is 0 Å². The lowest BCUT2D eigenvalue weighted by molar-refractivity contribution is -0.120. The van der Waals surface area contributed by atoms with Gasteiger partial charge in [0.15, 0.2) is 0 Å². The molecule has 0 rings (SSSR count). The lowest BCUT2D eigenvalue weighted by atomic mass is 10.0. The molecule has 0 aromatic carbocycles. The second-order valence-electron chi connectivity index (χ2n) is 3.47. The van der Waals surface area contributed by atoms with Gasteiger partial charge in [-0.1, -0.05) is 44.7 Å². The molecular formula is C13H20O2. The number of rotatable bonds is 8. The smallest absolute Gasteiger partial charge is 0.135 e. The van der Waals surface area contributed by atoms with Gasteiger partial charge in [-0.25, -0.2) is 0 Å². The minimum atomic E-state index is -0.746. The molecule has 0 aromatic heterocycles. The van der Waals surface area contributed by atoms with E-state index in [4.69, 9.17) is 0 Å². The molecule has 0 spiro atoms. The maximum absolute atomic E-state index is 11.4. The Labute approximate surface area is 92.0 Å². The quantitative estimate of drug-likeness (QED) is 0.623. The molecule has 0 radical (unpaired) electrons. The SMILES string of the molecule is C=C/C=C(\C=C)[C@H](O)CC(=O)CCCC. The van der Waals surface area contributed by atoms with Crippen molar-refractivity contribution in [3.63, 3.8) is 0 Å². The fourth-order valence-corrected chi connectivity index (χ4v) is 1.26. The molecule has 1 N–H and O–H groups in total. The molecule has 0 saturated carbocycles. The largest absolute Gasteiger partial charge is 0.388 e. The number of aliphatic hydroxyl groups excluding tert-OH is 1. The number of hydrogen-bond donors (Lipinski definition) is 1. The molecule has 0 amide bonds. The monoisotopic (exact) mass is 208 g/mol. The Morgan fingerprint density at radius 1 is 1.47 bits per heavy atom. The van der Waals surface area contributed by atoms with Crippen LogP contribution in [-0.2, 0) is 4.79 Å². The number of allylic oxidation sites excluding steroid dienone is 2. The highest BCUT2D eigenvalue weighted by molar-refractivity contribution is 5.79. The first kappa shape index (κ1) is 13.8. The lowest BCUT2D eigenvalue weighted by Crippen LogP contribution is -2.14. The van der Waals surface area contributed by atoms with Gasteiger partial charge in [0.25, 0.3) is 0 Å². The van der Waals surface area contributed by atoms with E-state index in [0.717, 1.165) is 12.8 Å². The van der Waals surface area contributed by atoms with Crippen molar-refractivity contribution in [2.24, 2.45) is 0 Å². The predicted octanol–water partition coefficient (Wildman–Crippen LogP) is 2.80. The second kappa shape index (κ2) is 8.18. The van der Waals surface area contributed by atoms with Crippen LogP contribution in [0.3, 0.4) is 0 Å². The molecule has 0 aliphatic rings. The van der Waals surface area contributed by atoms with Crippen LogP contribution in [0.2, 0.25) is 0 Å². The molecule has 0 bridgehead atoms. The summed E-state index contributed by atoms with van der Waals surface area (Å²) in [7, 11) is 0. The standard InChI is InChI=1S/C13H20O2/c1-4-7-9-12(14)10-13(15)11(6-3)8-5-2/h5-6,8,13,15H,2-4,7,9-10H2,1H3/b11-8+/t13-/m1/s1. The van der Waals surface area contributed by atoms with Gasteiger partial charge in [-0.15, -0.1) is 0 Å². The number of hydrogen-bond acceptors (Lipinski definition) is 2. The third-order valence-electron chi connectivity index (χ3n) is 2.16. The van der Waals surface area contributed by atoms with Crippen LogP contribution in [-0.4, -0.2) is 17.0 Å². The van der Waals surface area contributed by atoms with E-state index in [9.17, 15) is 9.90 Å². The lowest BCUT2D eigenvalue weighted by Gasteiger charge is -2.10. The highest BCUT2D eigenvalue weighted by Gasteiger charge is 2.12. The van der Waals surface area contributed by atoms with E-state index in [0.29, 0.717) is 12.0 Å². The van der Waals surface area contributed by atoms with E-state index in [1.54, 1.807) is 18.2 Å². The molecule has 1 atom stereocenters. The van der Waals surface area contributed by atoms with Crippen molar-refractivity contribution in [2.45, 2.75) is 38.7 Å². The summed E-state index contributed by atoms with van der Waals surface area (Å²) in [5, 5.41) is 9.70. The number of carbonyl (C=O) groups excluding carboxylic acids is 1. The van der Waals surface area contributed by atoms with Crippen LogP contribution >= 0.6 is 0 Å². The number of Topliss-reactive ketones (excluding diaryl/α,β-unsaturated/α-hetero) is 1. The van der Waals surface area contributed by atoms with Crippen LogP contribution in [0.15, 0.2) is 37.0 Å². The van der Waals surface area contributed by atoms with E-state index >= 15 is 0 Å². The van der Waals surface area contributed by atoms with Crippen molar-refractivity contribution >= 4 is 5.78 Å². The molecule has 0 saturated heterocycles. The zero-order valence-electron chi connectivity index (χ0n) is 9.41. The second-order valence-corrected chi connectivity index (χ2v) is 3.47. The molecule has 0 heterocycles. The van der Waals surface area contributed by atoms with Gasteiger partial charge >= 0.3 is 0 Å². The average Bonchev–Trinajstić information content (AvgIpc) is 2.22. The number of ketones is 1. The van der Waals surface area contributed by atoms with Gasteiger partial charge in [0.2, 0.25) is 0 Å². The summed E-state index contributed by atoms with van der Waals surface area (Å²) in [6.07, 6.45) is 6.67. The fraction of sp³-hybridized carbons (Fsp3) is 0.462. The fourth-order valence-electron chi connectivity index (χ4n) is 1.26. The highest BCUT2D eigenvalue weighted by Crippen LogP contribution is 2.10. The van der Waals surface area contributed by atoms with E-state index in [-0.39, 0.29) is 12.2 Å². The first-order valence-corrected chi connectivity index (χ1v) is 5.30. The Balaban J connectivity index is 4.15. The maximum atomic E-state index is 11.4. The predicted molar refractivity (Wildman–Crippen MR) is 63.6 cm³/mol. The molecule has 84 valence electrons. The van der Waals surface area contributed by atoms with Crippen molar-refractivity contribution < 1.29 is 9.90 Å². The maximum Gasteiger partial charge on any atom is 0.135 e. The van der Waals surface area contributed by atoms with Crippen molar-refractivity contribution in [1.82, 2.24) is 0 Å². The molecular weight excluding hydrogens is 188 g/mol. The Morgan fingerprint density at radius 3 is 2.60 bits per heavy atom. The summed E-state index contributed by atoms with van der Waals surface area (Å²) in [4.78, 5) is 11.4. The summed E-state index contributed by atoms with van der Waals surface area (Å²) < 4.78 is 0. The summed E-state index contributed by atoms with van der Waals surface area (Å²) in [6.45, 7) is 9.16. The van der Waals surface area contributed by atoms with Crippen LogP contribution in [0.4, 0.5) is 0 Å². The van der Waals surface area contributed by atoms with Gasteiger partial charge in [-0.05, 0) is 12.0 Å². The summed E-state index contributed by atoms with van der Waals surface area (Å²) in [6, 6.07) is 0. The van der Waals surface area contributed by atoms with Gasteiger partial charge in [0.1, 0.15) is 5.78 Å². The van der Waals surface area contributed by atoms with Crippen molar-refractivity contribution in [3.8, 4) is 0 Å². The summed E-state index contributed by atoms with van der Waals surface area (Å²) in [5.41, 5.74) is 0.648. The molecule has 15 heavy (non-hydrogen) atoms. The minimum Gasteiger partial charge on any atom is -0.388 e. The van der Waals surface area contributed by atoms with Crippen LogP contribution in [0.5, 0.6) is 0 Å². The molecule has 0 fully saturated rings. The van der Waals surface area contributed by atoms with E-state index < -0.39 is 6.10 Å². The number of carbonyl (C=O) groups is 1. The third kappa shape index (κ3) is 6.02. The van der Waals surface area contributed by atoms with Crippen molar-refractivity contribution in [2.75, 3.05) is 0 Å². The first-order chi connectivity index (χ1) is 7.15. The van der Waals surface area contributed by atoms with E-state index in [1.807, 2.05) is 6.92 Å². The van der Waals surface area contributed by atoms with Gasteiger partial charge in [0, 0.05) is 12.8 Å². The normalized spacial score (nSPS) is 13.3. The Bertz CT molecular complexity index is 251. The van der Waals surface area contributed by atoms with Crippen LogP contribution < -0.4 is 0 Å². The van der Waals surface area contributed by atoms with E-state index in [1.165, 1.54) is 0 Å². The molecule has 0 unspecified atom stereocenters. The Kier molecular flexibility index (Phi) is 7.56. The van der Waals surface area contributed by atoms with Crippen LogP contribution in [0.1, 0.15) is 32.6 Å². The average molecular weight is 208 g/mol. The topological polar surface area (TPSA) is 37.3 Å². The summed E-state index contributed by atoms with van der Waals surface area (Å²) >= 11 is 0. The van der Waals surface area contributed by atoms with Gasteiger partial charge < -0.3 is 5.11 Å².